The molecular weight excluding hydrogens is 602 g/mol. The van der Waals surface area contributed by atoms with Crippen LogP contribution in [0.1, 0.15) is 33.5 Å². The van der Waals surface area contributed by atoms with Crippen LogP contribution in [0.3, 0.4) is 0 Å². The number of hydrogen-bond donors (Lipinski definition) is 4. The first kappa shape index (κ1) is 32.2. The zero-order valence-corrected chi connectivity index (χ0v) is 26.4. The van der Waals surface area contributed by atoms with Gasteiger partial charge in [-0.3, -0.25) is 28.9 Å². The first-order chi connectivity index (χ1) is 22.4. The monoisotopic (exact) mass is 639 g/mol. The Hall–Kier alpha value is -4.71. The van der Waals surface area contributed by atoms with Crippen molar-refractivity contribution in [1.29, 1.82) is 0 Å². The van der Waals surface area contributed by atoms with Gasteiger partial charge in [0.1, 0.15) is 11.5 Å². The Labute approximate surface area is 271 Å². The van der Waals surface area contributed by atoms with Gasteiger partial charge in [0.15, 0.2) is 34.7 Å². The number of carbonyl (C=O) groups is 5. The van der Waals surface area contributed by atoms with Gasteiger partial charge in [0, 0.05) is 19.0 Å². The van der Waals surface area contributed by atoms with Gasteiger partial charge in [-0.05, 0) is 78.9 Å². The van der Waals surface area contributed by atoms with Crippen molar-refractivity contribution >= 4 is 29.0 Å². The molecule has 0 heterocycles. The number of rotatable bonds is 8. The maximum Gasteiger partial charge on any atom is 0.235 e. The molecule has 0 aliphatic heterocycles. The zero-order chi connectivity index (χ0) is 33.8. The summed E-state index contributed by atoms with van der Waals surface area (Å²) < 4.78 is 5.21. The average Bonchev–Trinajstić information content (AvgIpc) is 3.03. The van der Waals surface area contributed by atoms with Gasteiger partial charge < -0.3 is 26.0 Å². The number of amides is 1. The summed E-state index contributed by atoms with van der Waals surface area (Å²) in [5.74, 6) is -9.84. The molecular formula is C36H37N3O8. The summed E-state index contributed by atoms with van der Waals surface area (Å²) >= 11 is 0. The minimum Gasteiger partial charge on any atom is -0.507 e. The van der Waals surface area contributed by atoms with Crippen LogP contribution in [0, 0.1) is 23.7 Å². The van der Waals surface area contributed by atoms with Gasteiger partial charge in [0.05, 0.1) is 24.6 Å². The van der Waals surface area contributed by atoms with E-state index >= 15 is 0 Å². The van der Waals surface area contributed by atoms with E-state index in [0.717, 1.165) is 22.4 Å². The molecule has 244 valence electrons. The smallest absolute Gasteiger partial charge is 0.235 e. The van der Waals surface area contributed by atoms with Crippen molar-refractivity contribution in [2.24, 2.45) is 29.4 Å². The summed E-state index contributed by atoms with van der Waals surface area (Å²) in [6.07, 6.45) is 0.193. The molecule has 3 aromatic carbocycles. The summed E-state index contributed by atoms with van der Waals surface area (Å²) in [5.41, 5.74) is 6.85. The molecule has 2 unspecified atom stereocenters. The Bertz CT molecular complexity index is 1780. The molecule has 3 aromatic rings. The largest absolute Gasteiger partial charge is 0.507 e. The second kappa shape index (κ2) is 12.1. The predicted molar refractivity (Wildman–Crippen MR) is 170 cm³/mol. The van der Waals surface area contributed by atoms with Crippen LogP contribution in [0.4, 0.5) is 0 Å². The third-order valence-corrected chi connectivity index (χ3v) is 10.0. The Morgan fingerprint density at radius 3 is 2.15 bits per heavy atom. The van der Waals surface area contributed by atoms with Crippen LogP contribution < -0.4 is 15.8 Å². The van der Waals surface area contributed by atoms with E-state index in [4.69, 9.17) is 10.5 Å². The lowest BCUT2D eigenvalue weighted by Crippen LogP contribution is -2.74. The fourth-order valence-corrected chi connectivity index (χ4v) is 7.77. The molecule has 11 heteroatoms. The van der Waals surface area contributed by atoms with Gasteiger partial charge in [0.25, 0.3) is 0 Å². The first-order valence-corrected chi connectivity index (χ1v) is 15.5. The highest BCUT2D eigenvalue weighted by molar-refractivity contribution is 6.32. The maximum atomic E-state index is 14.0. The van der Waals surface area contributed by atoms with Gasteiger partial charge >= 0.3 is 0 Å². The van der Waals surface area contributed by atoms with Crippen LogP contribution in [0.25, 0.3) is 11.1 Å². The summed E-state index contributed by atoms with van der Waals surface area (Å²) in [6.45, 7) is 1.29. The number of ketones is 4. The molecule has 47 heavy (non-hydrogen) atoms. The number of primary amides is 1. The number of phenols is 1. The topological polar surface area (TPSA) is 176 Å². The quantitative estimate of drug-likeness (QED) is 0.266. The lowest BCUT2D eigenvalue weighted by Gasteiger charge is -2.52. The SMILES string of the molecule is COc1ccc(CNCc2ccc(-c3ccc(O)c4c3C[C@@H]3C[C@@H]5[C@@H](N(C)C)C(=O)C(C(N)=O)C(=O)[C@]5(O)C(=O)C3C4=O)cc2)cc1. The molecule has 3 aliphatic rings. The van der Waals surface area contributed by atoms with E-state index in [1.165, 1.54) is 11.0 Å². The summed E-state index contributed by atoms with van der Waals surface area (Å²) in [6, 6.07) is 17.6. The second-order valence-electron chi connectivity index (χ2n) is 12.9. The van der Waals surface area contributed by atoms with Gasteiger partial charge in [-0.15, -0.1) is 0 Å². The third kappa shape index (κ3) is 5.24. The minimum absolute atomic E-state index is 0.00219. The van der Waals surface area contributed by atoms with Gasteiger partial charge in [-0.2, -0.15) is 0 Å². The van der Waals surface area contributed by atoms with Crippen LogP contribution in [0.15, 0.2) is 60.7 Å². The first-order valence-electron chi connectivity index (χ1n) is 15.5. The fraction of sp³-hybridized carbons (Fsp3) is 0.361. The second-order valence-corrected chi connectivity index (χ2v) is 12.9. The molecule has 0 spiro atoms. The van der Waals surface area contributed by atoms with Crippen LogP contribution >= 0.6 is 0 Å². The van der Waals surface area contributed by atoms with E-state index in [1.54, 1.807) is 27.3 Å². The number of fused-ring (bicyclic) bond motifs is 3. The lowest BCUT2D eigenvalue weighted by molar-refractivity contribution is -0.181. The lowest BCUT2D eigenvalue weighted by atomic mass is 9.52. The number of carbonyl (C=O) groups excluding carboxylic acids is 5. The number of aromatic hydroxyl groups is 1. The number of Topliss-reactive ketones (excluding diaryl/α,β-unsaturated/α-hetero) is 4. The van der Waals surface area contributed by atoms with Gasteiger partial charge in [-0.25, -0.2) is 0 Å². The standard InChI is InChI=1S/C36H37N3O8/c1-39(2)30-25-15-21-14-24-23(20-8-4-18(5-9-20)16-38-17-19-6-10-22(47-3)11-7-19)12-13-26(40)28(24)31(41)27(21)33(43)36(25,46)34(44)29(32(30)42)35(37)45/h4-13,21,25,27,29-30,38,40,46H,14-17H2,1-3H3,(H2,37,45)/t21-,25-,27?,29?,30-,36-/m1/s1. The number of nitrogens with two attached hydrogens (primary N) is 1. The predicted octanol–water partition coefficient (Wildman–Crippen LogP) is 1.83. The summed E-state index contributed by atoms with van der Waals surface area (Å²) in [5, 5.41) is 26.0. The molecule has 1 amide bonds. The molecule has 11 nitrogen and oxygen atoms in total. The summed E-state index contributed by atoms with van der Waals surface area (Å²) in [4.78, 5) is 68.5. The number of likely N-dealkylation sites (N-methyl/N-ethyl adjacent to an activating group) is 1. The Morgan fingerprint density at radius 1 is 0.957 bits per heavy atom. The molecule has 0 aromatic heterocycles. The number of benzene rings is 3. The number of aliphatic hydroxyl groups is 1. The zero-order valence-electron chi connectivity index (χ0n) is 26.4. The Kier molecular flexibility index (Phi) is 8.33. The average molecular weight is 640 g/mol. The highest BCUT2D eigenvalue weighted by Crippen LogP contribution is 2.51. The van der Waals surface area contributed by atoms with E-state index in [9.17, 15) is 34.2 Å². The van der Waals surface area contributed by atoms with Crippen LogP contribution in [-0.4, -0.2) is 77.0 Å². The fourth-order valence-electron chi connectivity index (χ4n) is 7.77. The van der Waals surface area contributed by atoms with Gasteiger partial charge in [-0.1, -0.05) is 42.5 Å². The van der Waals surface area contributed by atoms with Crippen molar-refractivity contribution < 1.29 is 38.9 Å². The number of nitrogens with one attached hydrogen (secondary N) is 1. The van der Waals surface area contributed by atoms with E-state index in [-0.39, 0.29) is 24.2 Å². The summed E-state index contributed by atoms with van der Waals surface area (Å²) in [7, 11) is 4.74. The highest BCUT2D eigenvalue weighted by Gasteiger charge is 2.69. The van der Waals surface area contributed by atoms with E-state index in [1.807, 2.05) is 48.5 Å². The highest BCUT2D eigenvalue weighted by atomic mass is 16.5. The molecule has 6 atom stereocenters. The van der Waals surface area contributed by atoms with Crippen molar-refractivity contribution in [2.75, 3.05) is 21.2 Å². The van der Waals surface area contributed by atoms with Crippen molar-refractivity contribution in [3.8, 4) is 22.6 Å². The molecule has 6 rings (SSSR count). The molecule has 2 saturated carbocycles. The number of nitrogens with zero attached hydrogens (tertiary/aromatic N) is 1. The molecule has 0 saturated heterocycles. The molecule has 2 fully saturated rings. The number of phenolic OH excluding ortho intramolecular Hbond substituents is 1. The molecule has 0 radical (unpaired) electrons. The number of methoxy groups -OCH3 is 1. The van der Waals surface area contributed by atoms with Crippen molar-refractivity contribution in [3.63, 3.8) is 0 Å². The minimum atomic E-state index is -2.75. The van der Waals surface area contributed by atoms with Crippen LogP contribution in [0.2, 0.25) is 0 Å². The normalized spacial score (nSPS) is 26.9. The van der Waals surface area contributed by atoms with E-state index in [0.29, 0.717) is 24.2 Å². The Morgan fingerprint density at radius 2 is 1.57 bits per heavy atom. The molecule has 5 N–H and O–H groups in total. The number of ether oxygens (including phenoxy) is 1. The van der Waals surface area contributed by atoms with Crippen molar-refractivity contribution in [1.82, 2.24) is 10.2 Å². The van der Waals surface area contributed by atoms with E-state index < -0.39 is 64.4 Å². The molecule has 3 aliphatic carbocycles. The number of hydrogen-bond acceptors (Lipinski definition) is 10. The van der Waals surface area contributed by atoms with Crippen molar-refractivity contribution in [3.05, 3.63) is 82.9 Å². The van der Waals surface area contributed by atoms with Crippen LogP contribution in [-0.2, 0) is 38.7 Å². The van der Waals surface area contributed by atoms with Crippen molar-refractivity contribution in [2.45, 2.75) is 37.6 Å². The third-order valence-electron chi connectivity index (χ3n) is 10.0. The molecule has 0 bridgehead atoms. The van der Waals surface area contributed by atoms with Gasteiger partial charge in [0.2, 0.25) is 5.91 Å². The van der Waals surface area contributed by atoms with E-state index in [2.05, 4.69) is 5.32 Å². The van der Waals surface area contributed by atoms with Crippen LogP contribution in [0.5, 0.6) is 11.5 Å². The Balaban J connectivity index is 1.28. The maximum absolute atomic E-state index is 14.0.